The van der Waals surface area contributed by atoms with E-state index < -0.39 is 11.7 Å². The van der Waals surface area contributed by atoms with Crippen LogP contribution in [0.5, 0.6) is 0 Å². The van der Waals surface area contributed by atoms with E-state index in [1.807, 2.05) is 12.1 Å². The molecular formula is C26H26F3N3O. The van der Waals surface area contributed by atoms with Crippen LogP contribution in [0.4, 0.5) is 13.2 Å². The molecule has 1 aliphatic rings. The molecule has 0 atom stereocenters. The summed E-state index contributed by atoms with van der Waals surface area (Å²) in [5, 5.41) is 0. The summed E-state index contributed by atoms with van der Waals surface area (Å²) in [6.45, 7) is 3.44. The third-order valence-electron chi connectivity index (χ3n) is 5.80. The third kappa shape index (κ3) is 5.80. The van der Waals surface area contributed by atoms with Gasteiger partial charge in [0.1, 0.15) is 0 Å². The first kappa shape index (κ1) is 23.0. The van der Waals surface area contributed by atoms with Crippen LogP contribution in [0.15, 0.2) is 77.8 Å². The molecule has 0 saturated carbocycles. The van der Waals surface area contributed by atoms with Gasteiger partial charge < -0.3 is 4.84 Å². The van der Waals surface area contributed by atoms with E-state index >= 15 is 0 Å². The minimum atomic E-state index is -4.54. The lowest BCUT2D eigenvalue weighted by Gasteiger charge is -2.15. The Morgan fingerprint density at radius 3 is 2.21 bits per heavy atom. The van der Waals surface area contributed by atoms with Gasteiger partial charge in [-0.05, 0) is 60.3 Å². The first-order valence-electron chi connectivity index (χ1n) is 10.9. The zero-order valence-electron chi connectivity index (χ0n) is 18.2. The van der Waals surface area contributed by atoms with Crippen LogP contribution in [0.25, 0.3) is 11.1 Å². The zero-order valence-corrected chi connectivity index (χ0v) is 18.2. The van der Waals surface area contributed by atoms with Crippen molar-refractivity contribution in [1.29, 1.82) is 0 Å². The summed E-state index contributed by atoms with van der Waals surface area (Å²) in [5.74, 6) is 5.33. The fraction of sp³-hybridized carbons (Fsp3) is 0.269. The van der Waals surface area contributed by atoms with Crippen molar-refractivity contribution < 1.29 is 18.0 Å². The van der Waals surface area contributed by atoms with Crippen molar-refractivity contribution in [3.63, 3.8) is 0 Å². The summed E-state index contributed by atoms with van der Waals surface area (Å²) in [6.07, 6.45) is -2.04. The van der Waals surface area contributed by atoms with Gasteiger partial charge in [0.15, 0.2) is 0 Å². The molecule has 2 N–H and O–H groups in total. The molecule has 1 aliphatic heterocycles. The highest BCUT2D eigenvalue weighted by Gasteiger charge is 2.34. The maximum atomic E-state index is 13.8. The number of benzene rings is 3. The van der Waals surface area contributed by atoms with Crippen LogP contribution in [0, 0.1) is 0 Å². The van der Waals surface area contributed by atoms with E-state index in [0.717, 1.165) is 31.3 Å². The van der Waals surface area contributed by atoms with Gasteiger partial charge >= 0.3 is 6.18 Å². The lowest BCUT2D eigenvalue weighted by atomic mass is 9.97. The van der Waals surface area contributed by atoms with Gasteiger partial charge in [-0.2, -0.15) is 19.1 Å². The molecule has 3 aromatic carbocycles. The number of hydrogen-bond acceptors (Lipinski definition) is 4. The Morgan fingerprint density at radius 2 is 1.58 bits per heavy atom. The number of aliphatic imine (C=N–C) groups is 1. The number of halogens is 3. The van der Waals surface area contributed by atoms with Gasteiger partial charge in [0.05, 0.1) is 12.1 Å². The monoisotopic (exact) mass is 453 g/mol. The largest absolute Gasteiger partial charge is 0.417 e. The Labute approximate surface area is 191 Å². The summed E-state index contributed by atoms with van der Waals surface area (Å²) in [6, 6.07) is 20.5. The number of rotatable bonds is 6. The lowest BCUT2D eigenvalue weighted by molar-refractivity contribution is -0.137. The van der Waals surface area contributed by atoms with Crippen molar-refractivity contribution in [3.8, 4) is 11.1 Å². The van der Waals surface area contributed by atoms with Gasteiger partial charge in [0.25, 0.3) is 0 Å². The molecule has 1 heterocycles. The van der Waals surface area contributed by atoms with Crippen LogP contribution >= 0.6 is 0 Å². The summed E-state index contributed by atoms with van der Waals surface area (Å²) in [7, 11) is 0. The molecule has 7 heteroatoms. The molecule has 0 aliphatic carbocycles. The molecule has 172 valence electrons. The molecule has 0 spiro atoms. The molecular weight excluding hydrogens is 427 g/mol. The number of nitrogens with zero attached hydrogens (tertiary/aromatic N) is 2. The normalized spacial score (nSPS) is 15.1. The SMILES string of the molecule is NOC(=NCc1ccc(CN2CCCC2)cc1)c1ccc(-c2ccccc2)c(C(F)(F)F)c1. The van der Waals surface area contributed by atoms with Crippen molar-refractivity contribution in [2.24, 2.45) is 10.9 Å². The van der Waals surface area contributed by atoms with E-state index in [2.05, 4.69) is 22.0 Å². The summed E-state index contributed by atoms with van der Waals surface area (Å²) >= 11 is 0. The summed E-state index contributed by atoms with van der Waals surface area (Å²) < 4.78 is 41.4. The first-order chi connectivity index (χ1) is 15.9. The number of alkyl halides is 3. The Balaban J connectivity index is 1.54. The molecule has 0 unspecified atom stereocenters. The van der Waals surface area contributed by atoms with Gasteiger partial charge in [-0.1, -0.05) is 60.7 Å². The predicted octanol–water partition coefficient (Wildman–Crippen LogP) is 5.81. The zero-order chi connectivity index (χ0) is 23.3. The summed E-state index contributed by atoms with van der Waals surface area (Å²) in [4.78, 5) is 11.6. The van der Waals surface area contributed by atoms with Gasteiger partial charge in [0, 0.05) is 12.1 Å². The van der Waals surface area contributed by atoms with Crippen LogP contribution in [0.3, 0.4) is 0 Å². The Morgan fingerprint density at radius 1 is 0.909 bits per heavy atom. The number of nitrogens with two attached hydrogens (primary N) is 1. The van der Waals surface area contributed by atoms with Crippen molar-refractivity contribution in [2.45, 2.75) is 32.1 Å². The smallest absolute Gasteiger partial charge is 0.391 e. The highest BCUT2D eigenvalue weighted by Crippen LogP contribution is 2.37. The number of likely N-dealkylation sites (tertiary alicyclic amines) is 1. The van der Waals surface area contributed by atoms with Crippen molar-refractivity contribution in [3.05, 3.63) is 95.1 Å². The van der Waals surface area contributed by atoms with Crippen LogP contribution in [0.2, 0.25) is 0 Å². The molecule has 0 radical (unpaired) electrons. The van der Waals surface area contributed by atoms with E-state index in [1.54, 1.807) is 36.4 Å². The summed E-state index contributed by atoms with van der Waals surface area (Å²) in [5.41, 5.74) is 2.14. The average molecular weight is 454 g/mol. The van der Waals surface area contributed by atoms with E-state index in [4.69, 9.17) is 10.7 Å². The van der Waals surface area contributed by atoms with Crippen molar-refractivity contribution >= 4 is 5.90 Å². The lowest BCUT2D eigenvalue weighted by Crippen LogP contribution is -2.18. The van der Waals surface area contributed by atoms with Crippen LogP contribution in [0.1, 0.15) is 35.1 Å². The second-order valence-corrected chi connectivity index (χ2v) is 8.16. The van der Waals surface area contributed by atoms with Crippen molar-refractivity contribution in [2.75, 3.05) is 13.1 Å². The topological polar surface area (TPSA) is 50.9 Å². The molecule has 1 fully saturated rings. The quantitative estimate of drug-likeness (QED) is 0.291. The molecule has 33 heavy (non-hydrogen) atoms. The van der Waals surface area contributed by atoms with Crippen LogP contribution < -0.4 is 5.90 Å². The molecule has 0 amide bonds. The standard InChI is InChI=1S/C26H26F3N3O/c27-26(28,29)24-16-22(12-13-23(24)21-6-2-1-3-7-21)25(33-30)31-17-19-8-10-20(11-9-19)18-32-14-4-5-15-32/h1-3,6-13,16H,4-5,14-15,17-18,30H2. The van der Waals surface area contributed by atoms with E-state index in [0.29, 0.717) is 5.56 Å². The van der Waals surface area contributed by atoms with E-state index in [-0.39, 0.29) is 23.6 Å². The van der Waals surface area contributed by atoms with Gasteiger partial charge in [-0.3, -0.25) is 4.90 Å². The Hall–Kier alpha value is -3.16. The van der Waals surface area contributed by atoms with Gasteiger partial charge in [-0.25, -0.2) is 4.99 Å². The maximum Gasteiger partial charge on any atom is 0.417 e. The molecule has 1 saturated heterocycles. The third-order valence-corrected chi connectivity index (χ3v) is 5.80. The second kappa shape index (κ2) is 10.2. The average Bonchev–Trinajstić information content (AvgIpc) is 3.33. The van der Waals surface area contributed by atoms with Gasteiger partial charge in [0.2, 0.25) is 5.90 Å². The highest BCUT2D eigenvalue weighted by molar-refractivity contribution is 5.95. The fourth-order valence-corrected chi connectivity index (χ4v) is 4.09. The Kier molecular flexibility index (Phi) is 7.11. The minimum absolute atomic E-state index is 0.0405. The molecule has 4 nitrogen and oxygen atoms in total. The molecule has 4 rings (SSSR count). The predicted molar refractivity (Wildman–Crippen MR) is 123 cm³/mol. The van der Waals surface area contributed by atoms with Crippen LogP contribution in [-0.2, 0) is 24.1 Å². The van der Waals surface area contributed by atoms with Gasteiger partial charge in [-0.15, -0.1) is 0 Å². The fourth-order valence-electron chi connectivity index (χ4n) is 4.09. The van der Waals surface area contributed by atoms with E-state index in [1.165, 1.54) is 24.5 Å². The van der Waals surface area contributed by atoms with Crippen LogP contribution in [-0.4, -0.2) is 23.9 Å². The number of hydrogen-bond donors (Lipinski definition) is 1. The molecule has 0 aromatic heterocycles. The van der Waals surface area contributed by atoms with E-state index in [9.17, 15) is 13.2 Å². The first-order valence-corrected chi connectivity index (χ1v) is 10.9. The second-order valence-electron chi connectivity index (χ2n) is 8.16. The molecule has 3 aromatic rings. The van der Waals surface area contributed by atoms with Crippen molar-refractivity contribution in [1.82, 2.24) is 4.90 Å². The maximum absolute atomic E-state index is 13.8. The molecule has 0 bridgehead atoms. The highest BCUT2D eigenvalue weighted by atomic mass is 19.4. The Bertz CT molecular complexity index is 1090. The minimum Gasteiger partial charge on any atom is -0.391 e.